The van der Waals surface area contributed by atoms with Crippen molar-refractivity contribution in [3.8, 4) is 11.6 Å². The monoisotopic (exact) mass is 316 g/mol. The van der Waals surface area contributed by atoms with E-state index in [1.54, 1.807) is 39.7 Å². The maximum absolute atomic E-state index is 10.2. The molecule has 2 aromatic rings. The predicted octanol–water partition coefficient (Wildman–Crippen LogP) is 1.66. The molecule has 0 bridgehead atoms. The van der Waals surface area contributed by atoms with Crippen LogP contribution in [0.5, 0.6) is 11.6 Å². The zero-order chi connectivity index (χ0) is 16.7. The summed E-state index contributed by atoms with van der Waals surface area (Å²) in [4.78, 5) is 12.3. The van der Waals surface area contributed by atoms with Gasteiger partial charge < -0.3 is 19.9 Å². The highest BCUT2D eigenvalue weighted by Crippen LogP contribution is 2.29. The Hall–Kier alpha value is -2.67. The van der Waals surface area contributed by atoms with Crippen LogP contribution in [0.3, 0.4) is 0 Å². The largest absolute Gasteiger partial charge is 0.508 e. The number of fused-ring (bicyclic) bond motifs is 1. The smallest absolute Gasteiger partial charge is 0.230 e. The van der Waals surface area contributed by atoms with E-state index >= 15 is 0 Å². The number of rotatable bonds is 7. The molecule has 2 N–H and O–H groups in total. The van der Waals surface area contributed by atoms with Crippen LogP contribution in [-0.4, -0.2) is 49.1 Å². The standard InChI is InChI=1S/C16H20N4O3/c1-17-8-12(9-18-2)23-16-13-7-15(21)11(4-5-22-3)6-14(13)19-10-20-16/h6-10,17,21H,4-5H2,1-3H3/b12-8+,18-9?. The Morgan fingerprint density at radius 3 is 2.91 bits per heavy atom. The van der Waals surface area contributed by atoms with E-state index in [0.29, 0.717) is 35.6 Å². The Labute approximate surface area is 134 Å². The second-order valence-electron chi connectivity index (χ2n) is 4.74. The van der Waals surface area contributed by atoms with Gasteiger partial charge in [-0.05, 0) is 24.1 Å². The normalized spacial score (nSPS) is 12.0. The number of ether oxygens (including phenoxy) is 2. The van der Waals surface area contributed by atoms with Gasteiger partial charge in [-0.1, -0.05) is 0 Å². The number of phenols is 1. The van der Waals surface area contributed by atoms with Crippen molar-refractivity contribution in [2.75, 3.05) is 27.8 Å². The van der Waals surface area contributed by atoms with E-state index in [2.05, 4.69) is 20.3 Å². The zero-order valence-electron chi connectivity index (χ0n) is 13.4. The lowest BCUT2D eigenvalue weighted by molar-refractivity contribution is 0.201. The van der Waals surface area contributed by atoms with Crippen LogP contribution in [0.15, 0.2) is 35.4 Å². The van der Waals surface area contributed by atoms with Crippen molar-refractivity contribution in [3.05, 3.63) is 36.0 Å². The lowest BCUT2D eigenvalue weighted by atomic mass is 10.1. The van der Waals surface area contributed by atoms with E-state index < -0.39 is 0 Å². The van der Waals surface area contributed by atoms with Crippen molar-refractivity contribution < 1.29 is 14.6 Å². The molecule has 1 aromatic carbocycles. The molecule has 0 aliphatic heterocycles. The Kier molecular flexibility index (Phi) is 5.87. The van der Waals surface area contributed by atoms with Crippen molar-refractivity contribution in [2.45, 2.75) is 6.42 Å². The van der Waals surface area contributed by atoms with Gasteiger partial charge in [0, 0.05) is 27.4 Å². The SMILES string of the molecule is CN=C/C(=C\NC)Oc1ncnc2cc(CCOC)c(O)cc12. The van der Waals surface area contributed by atoms with Crippen LogP contribution in [0.25, 0.3) is 10.9 Å². The summed E-state index contributed by atoms with van der Waals surface area (Å²) in [5.74, 6) is 1.01. The second-order valence-corrected chi connectivity index (χ2v) is 4.74. The van der Waals surface area contributed by atoms with E-state index in [4.69, 9.17) is 9.47 Å². The third kappa shape index (κ3) is 4.17. The Balaban J connectivity index is 2.41. The highest BCUT2D eigenvalue weighted by atomic mass is 16.5. The second kappa shape index (κ2) is 8.09. The number of methoxy groups -OCH3 is 1. The van der Waals surface area contributed by atoms with Gasteiger partial charge in [-0.2, -0.15) is 0 Å². The molecule has 0 aliphatic rings. The molecule has 23 heavy (non-hydrogen) atoms. The fourth-order valence-corrected chi connectivity index (χ4v) is 2.08. The summed E-state index contributed by atoms with van der Waals surface area (Å²) in [6.45, 7) is 0.523. The van der Waals surface area contributed by atoms with Crippen molar-refractivity contribution >= 4 is 17.1 Å². The minimum atomic E-state index is 0.164. The summed E-state index contributed by atoms with van der Waals surface area (Å²) >= 11 is 0. The molecule has 0 radical (unpaired) electrons. The number of benzene rings is 1. The Morgan fingerprint density at radius 1 is 1.39 bits per heavy atom. The minimum absolute atomic E-state index is 0.164. The van der Waals surface area contributed by atoms with Crippen molar-refractivity contribution in [1.82, 2.24) is 15.3 Å². The molecule has 0 aliphatic carbocycles. The highest BCUT2D eigenvalue weighted by Gasteiger charge is 2.11. The van der Waals surface area contributed by atoms with Crippen LogP contribution in [-0.2, 0) is 11.2 Å². The third-order valence-corrected chi connectivity index (χ3v) is 3.13. The maximum atomic E-state index is 10.2. The molecule has 1 aromatic heterocycles. The fourth-order valence-electron chi connectivity index (χ4n) is 2.08. The number of phenolic OH excluding ortho intramolecular Hbond substituents is 1. The van der Waals surface area contributed by atoms with E-state index in [1.165, 1.54) is 6.33 Å². The van der Waals surface area contributed by atoms with Crippen molar-refractivity contribution in [2.24, 2.45) is 4.99 Å². The molecule has 0 unspecified atom stereocenters. The number of nitrogens with zero attached hydrogens (tertiary/aromatic N) is 3. The molecule has 122 valence electrons. The van der Waals surface area contributed by atoms with Gasteiger partial charge in [0.15, 0.2) is 5.76 Å². The van der Waals surface area contributed by atoms with Gasteiger partial charge in [0.25, 0.3) is 0 Å². The first kappa shape index (κ1) is 16.7. The molecule has 0 amide bonds. The van der Waals surface area contributed by atoms with E-state index in [0.717, 1.165) is 5.56 Å². The number of aliphatic imine (C=N–C) groups is 1. The summed E-state index contributed by atoms with van der Waals surface area (Å²) in [5.41, 5.74) is 1.46. The van der Waals surface area contributed by atoms with Gasteiger partial charge in [0.2, 0.25) is 5.88 Å². The average Bonchev–Trinajstić information content (AvgIpc) is 2.54. The van der Waals surface area contributed by atoms with Crippen LogP contribution in [0.2, 0.25) is 0 Å². The minimum Gasteiger partial charge on any atom is -0.508 e. The molecule has 7 heteroatoms. The van der Waals surface area contributed by atoms with Crippen LogP contribution < -0.4 is 10.1 Å². The van der Waals surface area contributed by atoms with Crippen LogP contribution in [0, 0.1) is 0 Å². The fraction of sp³-hybridized carbons (Fsp3) is 0.312. The zero-order valence-corrected chi connectivity index (χ0v) is 13.4. The molecule has 2 rings (SSSR count). The molecule has 0 spiro atoms. The first-order valence-corrected chi connectivity index (χ1v) is 7.12. The summed E-state index contributed by atoms with van der Waals surface area (Å²) in [5, 5.41) is 13.7. The summed E-state index contributed by atoms with van der Waals surface area (Å²) in [6.07, 6.45) is 5.26. The number of hydrogen-bond donors (Lipinski definition) is 2. The number of aromatic nitrogens is 2. The first-order valence-electron chi connectivity index (χ1n) is 7.12. The first-order chi connectivity index (χ1) is 11.2. The lowest BCUT2D eigenvalue weighted by Crippen LogP contribution is -2.05. The number of hydrogen-bond acceptors (Lipinski definition) is 7. The Bertz CT molecular complexity index is 729. The quantitative estimate of drug-likeness (QED) is 0.596. The molecule has 1 heterocycles. The molecule has 0 saturated heterocycles. The van der Waals surface area contributed by atoms with Crippen LogP contribution >= 0.6 is 0 Å². The third-order valence-electron chi connectivity index (χ3n) is 3.13. The summed E-state index contributed by atoms with van der Waals surface area (Å²) in [6, 6.07) is 3.42. The molecule has 0 saturated carbocycles. The predicted molar refractivity (Wildman–Crippen MR) is 89.0 cm³/mol. The lowest BCUT2D eigenvalue weighted by Gasteiger charge is -2.10. The van der Waals surface area contributed by atoms with Crippen LogP contribution in [0.4, 0.5) is 0 Å². The number of nitrogens with one attached hydrogen (secondary N) is 1. The topological polar surface area (TPSA) is 88.9 Å². The molecular weight excluding hydrogens is 296 g/mol. The van der Waals surface area contributed by atoms with Gasteiger partial charge in [-0.15, -0.1) is 0 Å². The molecule has 0 fully saturated rings. The van der Waals surface area contributed by atoms with Crippen LogP contribution in [0.1, 0.15) is 5.56 Å². The number of aromatic hydroxyl groups is 1. The molecular formula is C16H20N4O3. The van der Waals surface area contributed by atoms with E-state index in [1.807, 2.05) is 6.07 Å². The van der Waals surface area contributed by atoms with E-state index in [-0.39, 0.29) is 5.75 Å². The Morgan fingerprint density at radius 2 is 2.22 bits per heavy atom. The van der Waals surface area contributed by atoms with Crippen molar-refractivity contribution in [1.29, 1.82) is 0 Å². The van der Waals surface area contributed by atoms with Gasteiger partial charge >= 0.3 is 0 Å². The van der Waals surface area contributed by atoms with Crippen molar-refractivity contribution in [3.63, 3.8) is 0 Å². The molecule has 0 atom stereocenters. The maximum Gasteiger partial charge on any atom is 0.230 e. The van der Waals surface area contributed by atoms with Gasteiger partial charge in [0.1, 0.15) is 12.1 Å². The van der Waals surface area contributed by atoms with Gasteiger partial charge in [-0.25, -0.2) is 9.97 Å². The van der Waals surface area contributed by atoms with Gasteiger partial charge in [0.05, 0.1) is 23.7 Å². The highest BCUT2D eigenvalue weighted by molar-refractivity contribution is 5.86. The average molecular weight is 316 g/mol. The number of allylic oxidation sites excluding steroid dienone is 1. The summed E-state index contributed by atoms with van der Waals surface area (Å²) in [7, 11) is 5.04. The van der Waals surface area contributed by atoms with E-state index in [9.17, 15) is 5.11 Å². The molecule has 7 nitrogen and oxygen atoms in total. The van der Waals surface area contributed by atoms with Gasteiger partial charge in [-0.3, -0.25) is 4.99 Å². The summed E-state index contributed by atoms with van der Waals surface area (Å²) < 4.78 is 10.8.